The van der Waals surface area contributed by atoms with E-state index in [0.717, 1.165) is 44.9 Å². The van der Waals surface area contributed by atoms with Crippen LogP contribution in [0.2, 0.25) is 0 Å². The zero-order valence-electron chi connectivity index (χ0n) is 14.5. The molecular formula is C18H17N7S. The lowest BCUT2D eigenvalue weighted by molar-refractivity contribution is 0.747. The third kappa shape index (κ3) is 2.33. The zero-order chi connectivity index (χ0) is 17.7. The SMILES string of the molecule is CCn1c(-c2nccn2Cc2cn3nc(C)sc3n2)nc2ccccc21. The van der Waals surface area contributed by atoms with Crippen molar-refractivity contribution in [2.24, 2.45) is 0 Å². The molecule has 0 amide bonds. The Bertz CT molecular complexity index is 1190. The zero-order valence-corrected chi connectivity index (χ0v) is 15.3. The minimum absolute atomic E-state index is 0.636. The van der Waals surface area contributed by atoms with Gasteiger partial charge in [-0.25, -0.2) is 19.5 Å². The maximum Gasteiger partial charge on any atom is 0.212 e. The van der Waals surface area contributed by atoms with Crippen molar-refractivity contribution in [2.45, 2.75) is 26.9 Å². The van der Waals surface area contributed by atoms with E-state index in [1.807, 2.05) is 48.2 Å². The van der Waals surface area contributed by atoms with Gasteiger partial charge in [-0.15, -0.1) is 0 Å². The van der Waals surface area contributed by atoms with Crippen LogP contribution in [0.25, 0.3) is 27.6 Å². The second kappa shape index (κ2) is 5.77. The Morgan fingerprint density at radius 1 is 1.12 bits per heavy atom. The summed E-state index contributed by atoms with van der Waals surface area (Å²) in [7, 11) is 0. The minimum atomic E-state index is 0.636. The fourth-order valence-corrected chi connectivity index (χ4v) is 4.05. The first kappa shape index (κ1) is 15.3. The van der Waals surface area contributed by atoms with Gasteiger partial charge in [-0.2, -0.15) is 5.10 Å². The van der Waals surface area contributed by atoms with E-state index in [4.69, 9.17) is 4.98 Å². The van der Waals surface area contributed by atoms with Gasteiger partial charge >= 0.3 is 0 Å². The first-order valence-corrected chi connectivity index (χ1v) is 9.33. The van der Waals surface area contributed by atoms with E-state index in [1.165, 1.54) is 0 Å². The molecule has 0 bridgehead atoms. The lowest BCUT2D eigenvalue weighted by Gasteiger charge is -2.08. The lowest BCUT2D eigenvalue weighted by Crippen LogP contribution is -2.06. The van der Waals surface area contributed by atoms with Crippen LogP contribution in [0.15, 0.2) is 42.9 Å². The lowest BCUT2D eigenvalue weighted by atomic mass is 10.3. The van der Waals surface area contributed by atoms with Gasteiger partial charge in [0.2, 0.25) is 4.96 Å². The summed E-state index contributed by atoms with van der Waals surface area (Å²) < 4.78 is 6.13. The molecule has 8 heteroatoms. The summed E-state index contributed by atoms with van der Waals surface area (Å²) in [6, 6.07) is 8.19. The van der Waals surface area contributed by atoms with Crippen molar-refractivity contribution >= 4 is 27.3 Å². The van der Waals surface area contributed by atoms with Crippen LogP contribution in [0.1, 0.15) is 17.6 Å². The van der Waals surface area contributed by atoms with Crippen molar-refractivity contribution in [2.75, 3.05) is 0 Å². The van der Waals surface area contributed by atoms with E-state index in [1.54, 1.807) is 11.3 Å². The second-order valence-corrected chi connectivity index (χ2v) is 7.29. The minimum Gasteiger partial charge on any atom is -0.322 e. The van der Waals surface area contributed by atoms with Gasteiger partial charge in [-0.1, -0.05) is 23.5 Å². The summed E-state index contributed by atoms with van der Waals surface area (Å²) in [6.45, 7) is 5.59. The molecule has 0 saturated carbocycles. The van der Waals surface area contributed by atoms with Crippen molar-refractivity contribution in [3.8, 4) is 11.6 Å². The summed E-state index contributed by atoms with van der Waals surface area (Å²) >= 11 is 1.59. The van der Waals surface area contributed by atoms with Crippen molar-refractivity contribution in [1.82, 2.24) is 33.7 Å². The molecule has 0 aliphatic heterocycles. The predicted octanol–water partition coefficient (Wildman–Crippen LogP) is 3.38. The Kier molecular flexibility index (Phi) is 3.39. The third-order valence-corrected chi connectivity index (χ3v) is 5.25. The molecule has 0 aliphatic rings. The van der Waals surface area contributed by atoms with E-state index < -0.39 is 0 Å². The normalized spacial score (nSPS) is 11.8. The number of hydrogen-bond acceptors (Lipinski definition) is 5. The molecule has 4 aromatic heterocycles. The van der Waals surface area contributed by atoms with E-state index in [2.05, 4.69) is 37.2 Å². The van der Waals surface area contributed by atoms with E-state index in [9.17, 15) is 0 Å². The molecule has 4 heterocycles. The topological polar surface area (TPSA) is 65.8 Å². The van der Waals surface area contributed by atoms with Gasteiger partial charge in [0.15, 0.2) is 11.6 Å². The first-order valence-electron chi connectivity index (χ1n) is 8.51. The van der Waals surface area contributed by atoms with Crippen LogP contribution in [0, 0.1) is 6.92 Å². The Morgan fingerprint density at radius 3 is 2.85 bits per heavy atom. The number of benzene rings is 1. The fourth-order valence-electron chi connectivity index (χ4n) is 3.30. The monoisotopic (exact) mass is 363 g/mol. The maximum atomic E-state index is 4.82. The molecule has 0 N–H and O–H groups in total. The van der Waals surface area contributed by atoms with Crippen molar-refractivity contribution in [1.29, 1.82) is 0 Å². The molecule has 5 aromatic rings. The molecule has 0 atom stereocenters. The fraction of sp³-hybridized carbons (Fsp3) is 0.222. The number of fused-ring (bicyclic) bond motifs is 2. The molecule has 5 rings (SSSR count). The summed E-state index contributed by atoms with van der Waals surface area (Å²) in [5.41, 5.74) is 3.07. The number of nitrogens with zero attached hydrogens (tertiary/aromatic N) is 7. The van der Waals surface area contributed by atoms with Gasteiger partial charge in [0.1, 0.15) is 5.01 Å². The van der Waals surface area contributed by atoms with E-state index in [-0.39, 0.29) is 0 Å². The van der Waals surface area contributed by atoms with Crippen molar-refractivity contribution in [3.05, 3.63) is 53.6 Å². The standard InChI is InChI=1S/C18H17N7S/c1-3-24-15-7-5-4-6-14(15)21-17(24)16-19-8-9-23(16)10-13-11-25-18(20-13)26-12(2)22-25/h4-9,11H,3,10H2,1-2H3. The number of para-hydroxylation sites is 2. The highest BCUT2D eigenvalue weighted by Crippen LogP contribution is 2.24. The van der Waals surface area contributed by atoms with Crippen molar-refractivity contribution < 1.29 is 0 Å². The summed E-state index contributed by atoms with van der Waals surface area (Å²) in [5, 5.41) is 5.44. The van der Waals surface area contributed by atoms with E-state index >= 15 is 0 Å². The van der Waals surface area contributed by atoms with Crippen LogP contribution in [0.3, 0.4) is 0 Å². The van der Waals surface area contributed by atoms with Crippen LogP contribution >= 0.6 is 11.3 Å². The molecule has 0 spiro atoms. The van der Waals surface area contributed by atoms with Crippen LogP contribution < -0.4 is 0 Å². The Hall–Kier alpha value is -3.00. The summed E-state index contributed by atoms with van der Waals surface area (Å²) in [6.07, 6.45) is 5.77. The summed E-state index contributed by atoms with van der Waals surface area (Å²) in [5.74, 6) is 1.73. The van der Waals surface area contributed by atoms with Crippen LogP contribution in [-0.2, 0) is 13.1 Å². The van der Waals surface area contributed by atoms with Gasteiger partial charge in [-0.05, 0) is 26.0 Å². The summed E-state index contributed by atoms with van der Waals surface area (Å²) in [4.78, 5) is 15.0. The van der Waals surface area contributed by atoms with Gasteiger partial charge < -0.3 is 9.13 Å². The molecule has 0 aliphatic carbocycles. The number of imidazole rings is 3. The van der Waals surface area contributed by atoms with Gasteiger partial charge in [0, 0.05) is 18.9 Å². The van der Waals surface area contributed by atoms with Crippen LogP contribution in [0.4, 0.5) is 0 Å². The van der Waals surface area contributed by atoms with Crippen molar-refractivity contribution in [3.63, 3.8) is 0 Å². The average Bonchev–Trinajstić information content (AvgIpc) is 3.36. The molecular weight excluding hydrogens is 346 g/mol. The molecule has 26 heavy (non-hydrogen) atoms. The highest BCUT2D eigenvalue weighted by atomic mass is 32.1. The maximum absolute atomic E-state index is 4.82. The molecule has 0 saturated heterocycles. The number of aryl methyl sites for hydroxylation is 2. The van der Waals surface area contributed by atoms with Crippen LogP contribution in [-0.4, -0.2) is 33.7 Å². The Labute approximate surface area is 153 Å². The molecule has 0 fully saturated rings. The van der Waals surface area contributed by atoms with Gasteiger partial charge in [0.25, 0.3) is 0 Å². The molecule has 1 aromatic carbocycles. The number of hydrogen-bond donors (Lipinski definition) is 0. The van der Waals surface area contributed by atoms with Crippen LogP contribution in [0.5, 0.6) is 0 Å². The second-order valence-electron chi connectivity index (χ2n) is 6.13. The quantitative estimate of drug-likeness (QED) is 0.491. The Morgan fingerprint density at radius 2 is 2.00 bits per heavy atom. The number of rotatable bonds is 4. The largest absolute Gasteiger partial charge is 0.322 e. The van der Waals surface area contributed by atoms with E-state index in [0.29, 0.717) is 6.54 Å². The molecule has 7 nitrogen and oxygen atoms in total. The number of aromatic nitrogens is 7. The predicted molar refractivity (Wildman–Crippen MR) is 101 cm³/mol. The highest BCUT2D eigenvalue weighted by Gasteiger charge is 2.17. The molecule has 0 radical (unpaired) electrons. The molecule has 0 unspecified atom stereocenters. The average molecular weight is 363 g/mol. The first-order chi connectivity index (χ1) is 12.7. The van der Waals surface area contributed by atoms with Gasteiger partial charge in [0.05, 0.1) is 29.5 Å². The molecule has 130 valence electrons. The smallest absolute Gasteiger partial charge is 0.212 e. The third-order valence-electron chi connectivity index (χ3n) is 4.41. The Balaban J connectivity index is 1.57. The highest BCUT2D eigenvalue weighted by molar-refractivity contribution is 7.16. The van der Waals surface area contributed by atoms with Gasteiger partial charge in [-0.3, -0.25) is 0 Å².